The highest BCUT2D eigenvalue weighted by Gasteiger charge is 2.31. The lowest BCUT2D eigenvalue weighted by molar-refractivity contribution is -0.143. The van der Waals surface area contributed by atoms with Crippen LogP contribution >= 0.6 is 11.8 Å². The van der Waals surface area contributed by atoms with Crippen molar-refractivity contribution >= 4 is 41.4 Å². The van der Waals surface area contributed by atoms with Gasteiger partial charge in [0.1, 0.15) is 18.1 Å². The lowest BCUT2D eigenvalue weighted by atomic mass is 10.0. The van der Waals surface area contributed by atoms with E-state index in [9.17, 15) is 24.0 Å². The summed E-state index contributed by atoms with van der Waals surface area (Å²) in [5.74, 6) is -4.99. The molecule has 0 aliphatic heterocycles. The number of thioether (sulfide) groups is 1. The number of carbonyl (C=O) groups excluding carboxylic acids is 3. The van der Waals surface area contributed by atoms with Crippen molar-refractivity contribution in [1.82, 2.24) is 16.0 Å². The highest BCUT2D eigenvalue weighted by Crippen LogP contribution is 2.07. The van der Waals surface area contributed by atoms with Gasteiger partial charge in [0, 0.05) is 0 Å². The van der Waals surface area contributed by atoms with Crippen LogP contribution in [0.1, 0.15) is 26.7 Å². The molecule has 172 valence electrons. The number of aliphatic hydroxyl groups is 1. The molecule has 0 heterocycles. The molecule has 4 atom stereocenters. The molecule has 30 heavy (non-hydrogen) atoms. The first kappa shape index (κ1) is 27.6. The Labute approximate surface area is 178 Å². The van der Waals surface area contributed by atoms with Gasteiger partial charge in [0.2, 0.25) is 17.7 Å². The molecular formula is C17H30N4O8S. The van der Waals surface area contributed by atoms with E-state index in [1.165, 1.54) is 11.8 Å². The van der Waals surface area contributed by atoms with E-state index in [2.05, 4.69) is 16.0 Å². The van der Waals surface area contributed by atoms with Gasteiger partial charge in [-0.3, -0.25) is 19.2 Å². The number of nitrogens with one attached hydrogen (secondary N) is 3. The molecule has 0 aromatic rings. The van der Waals surface area contributed by atoms with Crippen LogP contribution in [0.2, 0.25) is 0 Å². The summed E-state index contributed by atoms with van der Waals surface area (Å²) in [6, 6.07) is -5.09. The molecule has 0 aliphatic rings. The summed E-state index contributed by atoms with van der Waals surface area (Å²) in [5, 5.41) is 33.8. The molecule has 0 aromatic heterocycles. The van der Waals surface area contributed by atoms with Crippen LogP contribution in [-0.2, 0) is 24.0 Å². The molecule has 8 N–H and O–H groups in total. The Morgan fingerprint density at radius 3 is 1.93 bits per heavy atom. The third-order valence-corrected chi connectivity index (χ3v) is 4.66. The van der Waals surface area contributed by atoms with Gasteiger partial charge in [0.25, 0.3) is 0 Å². The first-order chi connectivity index (χ1) is 13.9. The fourth-order valence-electron chi connectivity index (χ4n) is 2.30. The van der Waals surface area contributed by atoms with Gasteiger partial charge in [-0.2, -0.15) is 11.8 Å². The number of carboxylic acids is 2. The number of carboxylic acid groups (broad SMARTS) is 2. The maximum atomic E-state index is 12.7. The molecule has 12 nitrogen and oxygen atoms in total. The minimum atomic E-state index is -1.53. The molecule has 0 spiro atoms. The quantitative estimate of drug-likeness (QED) is 0.151. The van der Waals surface area contributed by atoms with Crippen LogP contribution in [-0.4, -0.2) is 87.8 Å². The van der Waals surface area contributed by atoms with Crippen molar-refractivity contribution in [1.29, 1.82) is 0 Å². The number of aliphatic hydroxyl groups excluding tert-OH is 1. The molecule has 0 saturated carbocycles. The molecule has 0 aromatic carbocycles. The zero-order valence-electron chi connectivity index (χ0n) is 17.1. The van der Waals surface area contributed by atoms with E-state index in [1.807, 2.05) is 0 Å². The van der Waals surface area contributed by atoms with Gasteiger partial charge in [-0.15, -0.1) is 0 Å². The average molecular weight is 451 g/mol. The fourth-order valence-corrected chi connectivity index (χ4v) is 2.77. The van der Waals surface area contributed by atoms with Gasteiger partial charge < -0.3 is 37.0 Å². The zero-order valence-corrected chi connectivity index (χ0v) is 17.9. The fraction of sp³-hybridized carbons (Fsp3) is 0.706. The van der Waals surface area contributed by atoms with Gasteiger partial charge >= 0.3 is 11.9 Å². The summed E-state index contributed by atoms with van der Waals surface area (Å²) in [6.07, 6.45) is 1.37. The molecule has 13 heteroatoms. The second kappa shape index (κ2) is 13.8. The lowest BCUT2D eigenvalue weighted by Crippen LogP contribution is -2.59. The molecule has 0 saturated heterocycles. The zero-order chi connectivity index (χ0) is 23.4. The van der Waals surface area contributed by atoms with Crippen molar-refractivity contribution in [3.63, 3.8) is 0 Å². The molecule has 0 radical (unpaired) electrons. The Bertz CT molecular complexity index is 631. The standard InChI is InChI=1S/C17H30N4O8S/c1-8(2)13(16(27)20-11(7-22)17(28)29)21-15(26)10(4-5-30-3)19-14(25)9(18)6-12(23)24/h8-11,13,22H,4-7,18H2,1-3H3,(H,19,25)(H,20,27)(H,21,26)(H,23,24)(H,28,29). The molecular weight excluding hydrogens is 420 g/mol. The summed E-state index contributed by atoms with van der Waals surface area (Å²) >= 11 is 1.41. The van der Waals surface area contributed by atoms with Gasteiger partial charge in [-0.1, -0.05) is 13.8 Å². The SMILES string of the molecule is CSCCC(NC(=O)C(N)CC(=O)O)C(=O)NC(C(=O)NC(CO)C(=O)O)C(C)C. The van der Waals surface area contributed by atoms with Gasteiger partial charge in [0.15, 0.2) is 0 Å². The molecule has 0 bridgehead atoms. The number of nitrogens with two attached hydrogens (primary N) is 1. The Hall–Kier alpha value is -2.38. The van der Waals surface area contributed by atoms with Gasteiger partial charge in [0.05, 0.1) is 19.1 Å². The number of amides is 3. The summed E-state index contributed by atoms with van der Waals surface area (Å²) in [4.78, 5) is 58.9. The Kier molecular flexibility index (Phi) is 12.7. The molecule has 0 aliphatic carbocycles. The van der Waals surface area contributed by atoms with Crippen LogP contribution in [0, 0.1) is 5.92 Å². The molecule has 0 rings (SSSR count). The topological polar surface area (TPSA) is 208 Å². The largest absolute Gasteiger partial charge is 0.481 e. The highest BCUT2D eigenvalue weighted by atomic mass is 32.2. The first-order valence-electron chi connectivity index (χ1n) is 9.15. The van der Waals surface area contributed by atoms with E-state index in [0.717, 1.165) is 0 Å². The smallest absolute Gasteiger partial charge is 0.328 e. The lowest BCUT2D eigenvalue weighted by Gasteiger charge is -2.26. The summed E-state index contributed by atoms with van der Waals surface area (Å²) < 4.78 is 0. The van der Waals surface area contributed by atoms with E-state index in [1.54, 1.807) is 20.1 Å². The normalized spacial score (nSPS) is 14.9. The van der Waals surface area contributed by atoms with Gasteiger partial charge in [-0.25, -0.2) is 4.79 Å². The maximum absolute atomic E-state index is 12.7. The second-order valence-electron chi connectivity index (χ2n) is 6.86. The van der Waals surface area contributed by atoms with E-state index >= 15 is 0 Å². The molecule has 0 fully saturated rings. The number of rotatable bonds is 14. The number of carbonyl (C=O) groups is 5. The van der Waals surface area contributed by atoms with Crippen molar-refractivity contribution in [3.05, 3.63) is 0 Å². The number of hydrogen-bond acceptors (Lipinski definition) is 8. The van der Waals surface area contributed by atoms with E-state index in [4.69, 9.17) is 21.1 Å². The minimum Gasteiger partial charge on any atom is -0.481 e. The molecule has 4 unspecified atom stereocenters. The third kappa shape index (κ3) is 9.89. The summed E-state index contributed by atoms with van der Waals surface area (Å²) in [7, 11) is 0. The van der Waals surface area contributed by atoms with Crippen molar-refractivity contribution in [2.75, 3.05) is 18.6 Å². The van der Waals surface area contributed by atoms with Crippen LogP contribution in [0.3, 0.4) is 0 Å². The predicted molar refractivity (Wildman–Crippen MR) is 109 cm³/mol. The van der Waals surface area contributed by atoms with Crippen LogP contribution in [0.15, 0.2) is 0 Å². The van der Waals surface area contributed by atoms with Crippen LogP contribution in [0.4, 0.5) is 0 Å². The minimum absolute atomic E-state index is 0.194. The summed E-state index contributed by atoms with van der Waals surface area (Å²) in [5.41, 5.74) is 5.52. The monoisotopic (exact) mass is 450 g/mol. The molecule has 3 amide bonds. The van der Waals surface area contributed by atoms with Crippen molar-refractivity contribution < 1.29 is 39.3 Å². The predicted octanol–water partition coefficient (Wildman–Crippen LogP) is -2.27. The van der Waals surface area contributed by atoms with Crippen LogP contribution in [0.25, 0.3) is 0 Å². The average Bonchev–Trinajstić information content (AvgIpc) is 2.65. The highest BCUT2D eigenvalue weighted by molar-refractivity contribution is 7.98. The van der Waals surface area contributed by atoms with Crippen LogP contribution < -0.4 is 21.7 Å². The number of hydrogen-bond donors (Lipinski definition) is 7. The second-order valence-corrected chi connectivity index (χ2v) is 7.84. The van der Waals surface area contributed by atoms with Crippen molar-refractivity contribution in [3.8, 4) is 0 Å². The van der Waals surface area contributed by atoms with E-state index < -0.39 is 72.8 Å². The van der Waals surface area contributed by atoms with Crippen LogP contribution in [0.5, 0.6) is 0 Å². The Balaban J connectivity index is 5.30. The summed E-state index contributed by atoms with van der Waals surface area (Å²) in [6.45, 7) is 2.42. The van der Waals surface area contributed by atoms with Crippen molar-refractivity contribution in [2.45, 2.75) is 50.9 Å². The van der Waals surface area contributed by atoms with Crippen molar-refractivity contribution in [2.24, 2.45) is 11.7 Å². The van der Waals surface area contributed by atoms with E-state index in [0.29, 0.717) is 5.75 Å². The third-order valence-electron chi connectivity index (χ3n) is 4.02. The Morgan fingerprint density at radius 2 is 1.50 bits per heavy atom. The Morgan fingerprint density at radius 1 is 0.933 bits per heavy atom. The first-order valence-corrected chi connectivity index (χ1v) is 10.5. The van der Waals surface area contributed by atoms with Gasteiger partial charge in [-0.05, 0) is 24.3 Å². The van der Waals surface area contributed by atoms with E-state index in [-0.39, 0.29) is 6.42 Å². The number of aliphatic carboxylic acids is 2. The maximum Gasteiger partial charge on any atom is 0.328 e.